The summed E-state index contributed by atoms with van der Waals surface area (Å²) >= 11 is 0. The van der Waals surface area contributed by atoms with Crippen LogP contribution in [0.4, 0.5) is 0 Å². The summed E-state index contributed by atoms with van der Waals surface area (Å²) in [6, 6.07) is 0.420. The van der Waals surface area contributed by atoms with Crippen LogP contribution in [0.15, 0.2) is 28.4 Å². The molecule has 0 spiro atoms. The number of fused-ring (bicyclic) bond motifs is 1. The van der Waals surface area contributed by atoms with Crippen molar-refractivity contribution in [3.63, 3.8) is 0 Å². The van der Waals surface area contributed by atoms with Crippen molar-refractivity contribution >= 4 is 6.21 Å². The van der Waals surface area contributed by atoms with Gasteiger partial charge in [0.05, 0.1) is 6.04 Å². The molecule has 2 unspecified atom stereocenters. The molecule has 0 amide bonds. The first-order valence-electron chi connectivity index (χ1n) is 4.49. The van der Waals surface area contributed by atoms with Gasteiger partial charge < -0.3 is 5.43 Å². The normalized spacial score (nSPS) is 32.2. The molecule has 0 aromatic carbocycles. The molecule has 0 radical (unpaired) electrons. The lowest BCUT2D eigenvalue weighted by Crippen LogP contribution is -2.28. The Balaban J connectivity index is 2.34. The van der Waals surface area contributed by atoms with Gasteiger partial charge in [0.15, 0.2) is 0 Å². The topological polar surface area (TPSA) is 24.4 Å². The molecule has 0 saturated carbocycles. The predicted octanol–water partition coefficient (Wildman–Crippen LogP) is 1.86. The van der Waals surface area contributed by atoms with Crippen LogP contribution in [0.1, 0.15) is 20.3 Å². The first-order chi connectivity index (χ1) is 5.83. The number of hydrogen-bond acceptors (Lipinski definition) is 2. The van der Waals surface area contributed by atoms with Crippen molar-refractivity contribution in [1.29, 1.82) is 0 Å². The fourth-order valence-electron chi connectivity index (χ4n) is 1.98. The highest BCUT2D eigenvalue weighted by atomic mass is 15.3. The van der Waals surface area contributed by atoms with Gasteiger partial charge in [-0.15, -0.1) is 0 Å². The van der Waals surface area contributed by atoms with Crippen LogP contribution in [0.25, 0.3) is 0 Å². The van der Waals surface area contributed by atoms with E-state index in [2.05, 4.69) is 36.5 Å². The molecule has 1 N–H and O–H groups in total. The van der Waals surface area contributed by atoms with Gasteiger partial charge in [-0.1, -0.05) is 30.2 Å². The Morgan fingerprint density at radius 3 is 3.17 bits per heavy atom. The Morgan fingerprint density at radius 2 is 2.42 bits per heavy atom. The second kappa shape index (κ2) is 2.77. The average molecular weight is 162 g/mol. The summed E-state index contributed by atoms with van der Waals surface area (Å²) in [5, 5.41) is 4.10. The lowest BCUT2D eigenvalue weighted by molar-refractivity contribution is 0.588. The highest BCUT2D eigenvalue weighted by molar-refractivity contribution is 5.70. The minimum Gasteiger partial charge on any atom is -0.302 e. The Labute approximate surface area is 73.0 Å². The summed E-state index contributed by atoms with van der Waals surface area (Å²) in [5.41, 5.74) is 6.03. The van der Waals surface area contributed by atoms with Gasteiger partial charge in [-0.05, 0) is 13.3 Å². The van der Waals surface area contributed by atoms with E-state index in [4.69, 9.17) is 0 Å². The molecule has 1 heterocycles. The fourth-order valence-corrected chi connectivity index (χ4v) is 1.98. The smallest absolute Gasteiger partial charge is 0.0739 e. The van der Waals surface area contributed by atoms with E-state index in [0.717, 1.165) is 6.42 Å². The van der Waals surface area contributed by atoms with Crippen molar-refractivity contribution in [3.05, 3.63) is 23.3 Å². The molecule has 1 aliphatic carbocycles. The van der Waals surface area contributed by atoms with Crippen LogP contribution in [0.5, 0.6) is 0 Å². The Kier molecular flexibility index (Phi) is 1.75. The zero-order chi connectivity index (χ0) is 8.55. The maximum Gasteiger partial charge on any atom is 0.0739 e. The lowest BCUT2D eigenvalue weighted by atomic mass is 9.84. The van der Waals surface area contributed by atoms with Crippen molar-refractivity contribution in [3.8, 4) is 0 Å². The van der Waals surface area contributed by atoms with E-state index in [-0.39, 0.29) is 0 Å². The van der Waals surface area contributed by atoms with E-state index in [1.165, 1.54) is 11.1 Å². The SMILES string of the molecule is CCC1=C(C)C=CC2NN=CC12. The maximum absolute atomic E-state index is 4.10. The zero-order valence-corrected chi connectivity index (χ0v) is 7.54. The molecule has 0 aromatic heterocycles. The van der Waals surface area contributed by atoms with Crippen LogP contribution in [0, 0.1) is 5.92 Å². The molecule has 64 valence electrons. The third kappa shape index (κ3) is 0.986. The molecule has 2 nitrogen and oxygen atoms in total. The van der Waals surface area contributed by atoms with E-state index < -0.39 is 0 Å². The van der Waals surface area contributed by atoms with Crippen LogP contribution in [0.2, 0.25) is 0 Å². The Hall–Kier alpha value is -1.05. The van der Waals surface area contributed by atoms with E-state index >= 15 is 0 Å². The molecule has 0 aromatic rings. The van der Waals surface area contributed by atoms with Gasteiger partial charge in [0.1, 0.15) is 0 Å². The van der Waals surface area contributed by atoms with Crippen LogP contribution in [-0.2, 0) is 0 Å². The predicted molar refractivity (Wildman–Crippen MR) is 51.0 cm³/mol. The molecule has 2 rings (SSSR count). The summed E-state index contributed by atoms with van der Waals surface area (Å²) in [7, 11) is 0. The fraction of sp³-hybridized carbons (Fsp3) is 0.500. The van der Waals surface area contributed by atoms with Crippen LogP contribution >= 0.6 is 0 Å². The number of allylic oxidation sites excluding steroid dienone is 2. The molecule has 2 heteroatoms. The molecule has 0 saturated heterocycles. The number of rotatable bonds is 1. The van der Waals surface area contributed by atoms with E-state index in [0.29, 0.717) is 12.0 Å². The number of nitrogens with one attached hydrogen (secondary N) is 1. The molecule has 0 bridgehead atoms. The highest BCUT2D eigenvalue weighted by Gasteiger charge is 2.27. The summed E-state index contributed by atoms with van der Waals surface area (Å²) in [5.74, 6) is 0.514. The average Bonchev–Trinajstić information content (AvgIpc) is 2.52. The number of nitrogens with zero attached hydrogens (tertiary/aromatic N) is 1. The molecular formula is C10H14N2. The number of hydrogen-bond donors (Lipinski definition) is 1. The quantitative estimate of drug-likeness (QED) is 0.625. The summed E-state index contributed by atoms with van der Waals surface area (Å²) in [6.07, 6.45) is 7.55. The minimum atomic E-state index is 0.420. The van der Waals surface area contributed by atoms with Gasteiger partial charge >= 0.3 is 0 Å². The van der Waals surface area contributed by atoms with Gasteiger partial charge in [-0.25, -0.2) is 0 Å². The van der Waals surface area contributed by atoms with Gasteiger partial charge in [0, 0.05) is 12.1 Å². The van der Waals surface area contributed by atoms with Crippen molar-refractivity contribution in [2.45, 2.75) is 26.3 Å². The third-order valence-electron chi connectivity index (χ3n) is 2.69. The third-order valence-corrected chi connectivity index (χ3v) is 2.69. The van der Waals surface area contributed by atoms with E-state index in [9.17, 15) is 0 Å². The minimum absolute atomic E-state index is 0.420. The second-order valence-corrected chi connectivity index (χ2v) is 3.38. The molecule has 0 fully saturated rings. The van der Waals surface area contributed by atoms with Crippen LogP contribution < -0.4 is 5.43 Å². The van der Waals surface area contributed by atoms with Crippen molar-refractivity contribution in [2.24, 2.45) is 11.0 Å². The molecular weight excluding hydrogens is 148 g/mol. The summed E-state index contributed by atoms with van der Waals surface area (Å²) in [6.45, 7) is 4.39. The molecule has 2 atom stereocenters. The monoisotopic (exact) mass is 162 g/mol. The Morgan fingerprint density at radius 1 is 1.58 bits per heavy atom. The Bertz CT molecular complexity index is 274. The maximum atomic E-state index is 4.10. The van der Waals surface area contributed by atoms with Crippen molar-refractivity contribution < 1.29 is 0 Å². The molecule has 2 aliphatic rings. The standard InChI is InChI=1S/C10H14N2/c1-3-8-7(2)4-5-10-9(8)6-11-12-10/h4-6,9-10,12H,3H2,1-2H3. The largest absolute Gasteiger partial charge is 0.302 e. The van der Waals surface area contributed by atoms with Gasteiger partial charge in [-0.2, -0.15) is 5.10 Å². The lowest BCUT2D eigenvalue weighted by Gasteiger charge is -2.22. The highest BCUT2D eigenvalue weighted by Crippen LogP contribution is 2.28. The van der Waals surface area contributed by atoms with Crippen molar-refractivity contribution in [1.82, 2.24) is 5.43 Å². The van der Waals surface area contributed by atoms with Gasteiger partial charge in [-0.3, -0.25) is 0 Å². The van der Waals surface area contributed by atoms with E-state index in [1.54, 1.807) is 0 Å². The van der Waals surface area contributed by atoms with Gasteiger partial charge in [0.2, 0.25) is 0 Å². The van der Waals surface area contributed by atoms with Crippen LogP contribution in [0.3, 0.4) is 0 Å². The van der Waals surface area contributed by atoms with Crippen molar-refractivity contribution in [2.75, 3.05) is 0 Å². The second-order valence-electron chi connectivity index (χ2n) is 3.38. The first kappa shape index (κ1) is 7.59. The first-order valence-corrected chi connectivity index (χ1v) is 4.49. The van der Waals surface area contributed by atoms with E-state index in [1.807, 2.05) is 6.21 Å². The van der Waals surface area contributed by atoms with Gasteiger partial charge in [0.25, 0.3) is 0 Å². The summed E-state index contributed by atoms with van der Waals surface area (Å²) < 4.78 is 0. The zero-order valence-electron chi connectivity index (χ0n) is 7.54. The molecule has 12 heavy (non-hydrogen) atoms. The summed E-state index contributed by atoms with van der Waals surface area (Å²) in [4.78, 5) is 0. The van der Waals surface area contributed by atoms with Crippen LogP contribution in [-0.4, -0.2) is 12.3 Å². The number of hydrazone groups is 1. The molecule has 1 aliphatic heterocycles.